The van der Waals surface area contributed by atoms with E-state index < -0.39 is 23.7 Å². The molecule has 0 aliphatic rings. The van der Waals surface area contributed by atoms with Gasteiger partial charge in [0.2, 0.25) is 5.91 Å². The fourth-order valence-electron chi connectivity index (χ4n) is 3.29. The Morgan fingerprint density at radius 3 is 2.40 bits per heavy atom. The zero-order chi connectivity index (χ0) is 25.4. The Morgan fingerprint density at radius 1 is 1.09 bits per heavy atom. The molecule has 2 aromatic carbocycles. The van der Waals surface area contributed by atoms with Crippen molar-refractivity contribution in [2.45, 2.75) is 26.8 Å². The monoisotopic (exact) mass is 481 g/mol. The van der Waals surface area contributed by atoms with Crippen LogP contribution in [0.3, 0.4) is 0 Å². The molecule has 3 aromatic rings. The van der Waals surface area contributed by atoms with Crippen molar-refractivity contribution in [1.29, 1.82) is 0 Å². The Morgan fingerprint density at radius 2 is 1.77 bits per heavy atom. The summed E-state index contributed by atoms with van der Waals surface area (Å²) in [6.45, 7) is 4.83. The van der Waals surface area contributed by atoms with E-state index >= 15 is 0 Å². The molecule has 0 saturated carbocycles. The lowest BCUT2D eigenvalue weighted by molar-refractivity contribution is -0.141. The first-order chi connectivity index (χ1) is 16.8. The van der Waals surface area contributed by atoms with E-state index in [1.165, 1.54) is 21.7 Å². The highest BCUT2D eigenvalue weighted by Crippen LogP contribution is 2.25. The van der Waals surface area contributed by atoms with Crippen LogP contribution in [-0.4, -0.2) is 58.3 Å². The van der Waals surface area contributed by atoms with Crippen molar-refractivity contribution in [2.24, 2.45) is 0 Å². The van der Waals surface area contributed by atoms with Crippen LogP contribution >= 0.6 is 0 Å². The van der Waals surface area contributed by atoms with Gasteiger partial charge < -0.3 is 20.3 Å². The van der Waals surface area contributed by atoms with Gasteiger partial charge in [0.05, 0.1) is 18.0 Å². The van der Waals surface area contributed by atoms with E-state index in [4.69, 9.17) is 4.74 Å². The van der Waals surface area contributed by atoms with Gasteiger partial charge in [0, 0.05) is 17.7 Å². The molecule has 2 N–H and O–H groups in total. The molecule has 35 heavy (non-hydrogen) atoms. The number of halogens is 1. The average molecular weight is 482 g/mol. The highest BCUT2D eigenvalue weighted by atomic mass is 19.1. The van der Waals surface area contributed by atoms with Crippen LogP contribution in [0.1, 0.15) is 20.8 Å². The van der Waals surface area contributed by atoms with Crippen LogP contribution in [0, 0.1) is 5.82 Å². The van der Waals surface area contributed by atoms with Gasteiger partial charge >= 0.3 is 12.0 Å². The molecule has 1 heterocycles. The van der Waals surface area contributed by atoms with E-state index in [-0.39, 0.29) is 25.7 Å². The fraction of sp³-hybridized carbons (Fsp3) is 0.280. The topological polar surface area (TPSA) is 106 Å². The molecule has 0 saturated heterocycles. The molecule has 0 spiro atoms. The molecule has 1 aromatic heterocycles. The number of ether oxygens (including phenoxy) is 1. The fourth-order valence-corrected chi connectivity index (χ4v) is 3.29. The maximum Gasteiger partial charge on any atom is 0.325 e. The van der Waals surface area contributed by atoms with Crippen LogP contribution in [-0.2, 0) is 14.3 Å². The normalized spacial score (nSPS) is 10.7. The second-order valence-corrected chi connectivity index (χ2v) is 7.90. The highest BCUT2D eigenvalue weighted by Gasteiger charge is 2.22. The number of anilines is 1. The molecule has 3 rings (SSSR count). The van der Waals surface area contributed by atoms with Crippen LogP contribution < -0.4 is 10.6 Å². The third-order valence-corrected chi connectivity index (χ3v) is 5.01. The second-order valence-electron chi connectivity index (χ2n) is 7.90. The van der Waals surface area contributed by atoms with E-state index in [0.717, 1.165) is 5.56 Å². The van der Waals surface area contributed by atoms with E-state index in [9.17, 15) is 18.8 Å². The lowest BCUT2D eigenvalue weighted by Crippen LogP contribution is -2.48. The first-order valence-corrected chi connectivity index (χ1v) is 11.2. The van der Waals surface area contributed by atoms with Gasteiger partial charge in [-0.3, -0.25) is 9.59 Å². The van der Waals surface area contributed by atoms with Crippen LogP contribution in [0.25, 0.3) is 16.9 Å². The lowest BCUT2D eigenvalue weighted by atomic mass is 10.1. The van der Waals surface area contributed by atoms with Crippen LogP contribution in [0.15, 0.2) is 60.7 Å². The molecule has 0 unspecified atom stereocenters. The SMILES string of the molecule is CCOC(=O)CNC(=O)N(CC(=O)Nc1cc(-c2ccccc2)nn1-c1ccc(F)cc1)C(C)C. The van der Waals surface area contributed by atoms with E-state index in [1.807, 2.05) is 30.3 Å². The minimum atomic E-state index is -0.569. The second kappa shape index (κ2) is 11.8. The summed E-state index contributed by atoms with van der Waals surface area (Å²) in [5.41, 5.74) is 2.00. The molecule has 10 heteroatoms. The molecule has 0 aliphatic carbocycles. The summed E-state index contributed by atoms with van der Waals surface area (Å²) >= 11 is 0. The molecule has 9 nitrogen and oxygen atoms in total. The molecule has 0 aliphatic heterocycles. The number of amides is 3. The first-order valence-electron chi connectivity index (χ1n) is 11.2. The first kappa shape index (κ1) is 25.4. The number of nitrogens with one attached hydrogen (secondary N) is 2. The van der Waals surface area contributed by atoms with Crippen molar-refractivity contribution in [1.82, 2.24) is 20.0 Å². The summed E-state index contributed by atoms with van der Waals surface area (Å²) in [5, 5.41) is 9.84. The minimum Gasteiger partial charge on any atom is -0.465 e. The van der Waals surface area contributed by atoms with Crippen molar-refractivity contribution in [3.8, 4) is 16.9 Å². The Balaban J connectivity index is 1.80. The number of carbonyl (C=O) groups is 3. The molecule has 3 amide bonds. The molecule has 0 atom stereocenters. The molecular weight excluding hydrogens is 453 g/mol. The van der Waals surface area contributed by atoms with E-state index in [1.54, 1.807) is 39.0 Å². The number of benzene rings is 2. The average Bonchev–Trinajstić information content (AvgIpc) is 3.25. The maximum absolute atomic E-state index is 13.5. The Bertz CT molecular complexity index is 1160. The smallest absolute Gasteiger partial charge is 0.325 e. The Kier molecular flexibility index (Phi) is 8.55. The van der Waals surface area contributed by atoms with Gasteiger partial charge in [0.25, 0.3) is 0 Å². The maximum atomic E-state index is 13.5. The van der Waals surface area contributed by atoms with Gasteiger partial charge in [0.1, 0.15) is 24.7 Å². The summed E-state index contributed by atoms with van der Waals surface area (Å²) in [7, 11) is 0. The third-order valence-electron chi connectivity index (χ3n) is 5.01. The van der Waals surface area contributed by atoms with Gasteiger partial charge in [-0.1, -0.05) is 30.3 Å². The van der Waals surface area contributed by atoms with E-state index in [0.29, 0.717) is 17.2 Å². The number of hydrogen-bond donors (Lipinski definition) is 2. The van der Waals surface area contributed by atoms with Crippen molar-refractivity contribution in [2.75, 3.05) is 25.0 Å². The molecule has 0 fully saturated rings. The molecule has 0 radical (unpaired) electrons. The summed E-state index contributed by atoms with van der Waals surface area (Å²) in [5.74, 6) is -1.06. The van der Waals surface area contributed by atoms with E-state index in [2.05, 4.69) is 15.7 Å². The summed E-state index contributed by atoms with van der Waals surface area (Å²) in [6.07, 6.45) is 0. The molecule has 184 valence electrons. The zero-order valence-electron chi connectivity index (χ0n) is 19.8. The van der Waals surface area contributed by atoms with Crippen LogP contribution in [0.2, 0.25) is 0 Å². The predicted molar refractivity (Wildman–Crippen MR) is 129 cm³/mol. The van der Waals surface area contributed by atoms with Gasteiger partial charge in [-0.25, -0.2) is 13.9 Å². The molecule has 0 bridgehead atoms. The number of aromatic nitrogens is 2. The van der Waals surface area contributed by atoms with Gasteiger partial charge in [0.15, 0.2) is 0 Å². The number of urea groups is 1. The lowest BCUT2D eigenvalue weighted by Gasteiger charge is -2.26. The van der Waals surface area contributed by atoms with Crippen LogP contribution in [0.5, 0.6) is 0 Å². The summed E-state index contributed by atoms with van der Waals surface area (Å²) < 4.78 is 19.8. The number of hydrogen-bond acceptors (Lipinski definition) is 5. The van der Waals surface area contributed by atoms with Crippen molar-refractivity contribution in [3.63, 3.8) is 0 Å². The quantitative estimate of drug-likeness (QED) is 0.455. The van der Waals surface area contributed by atoms with Crippen molar-refractivity contribution in [3.05, 3.63) is 66.5 Å². The van der Waals surface area contributed by atoms with Gasteiger partial charge in [-0.2, -0.15) is 5.10 Å². The predicted octanol–water partition coefficient (Wildman–Crippen LogP) is 3.60. The van der Waals surface area contributed by atoms with Crippen molar-refractivity contribution < 1.29 is 23.5 Å². The Hall–Kier alpha value is -4.21. The number of nitrogens with zero attached hydrogens (tertiary/aromatic N) is 3. The van der Waals surface area contributed by atoms with Gasteiger partial charge in [-0.15, -0.1) is 0 Å². The zero-order valence-corrected chi connectivity index (χ0v) is 19.8. The highest BCUT2D eigenvalue weighted by molar-refractivity contribution is 5.94. The third kappa shape index (κ3) is 6.89. The number of esters is 1. The Labute approximate surface area is 202 Å². The summed E-state index contributed by atoms with van der Waals surface area (Å²) in [6, 6.07) is 15.9. The van der Waals surface area contributed by atoms with Crippen molar-refractivity contribution >= 4 is 23.7 Å². The van der Waals surface area contributed by atoms with Gasteiger partial charge in [-0.05, 0) is 45.0 Å². The van der Waals surface area contributed by atoms with Crippen LogP contribution in [0.4, 0.5) is 15.0 Å². The molecular formula is C25H28FN5O4. The largest absolute Gasteiger partial charge is 0.465 e. The minimum absolute atomic E-state index is 0.206. The number of carbonyl (C=O) groups excluding carboxylic acids is 3. The number of rotatable bonds is 9. The standard InChI is InChI=1S/C25H28FN5O4/c1-4-35-24(33)15-27-25(34)30(17(2)3)16-23(32)28-22-14-21(18-8-6-5-7-9-18)29-31(22)20-12-10-19(26)11-13-20/h5-14,17H,4,15-16H2,1-3H3,(H,27,34)(H,28,32). The summed E-state index contributed by atoms with van der Waals surface area (Å²) in [4.78, 5) is 38.3.